The van der Waals surface area contributed by atoms with Gasteiger partial charge in [-0.05, 0) is 12.1 Å². The van der Waals surface area contributed by atoms with E-state index in [2.05, 4.69) is 7.05 Å². The zero-order chi connectivity index (χ0) is 13.0. The summed E-state index contributed by atoms with van der Waals surface area (Å²) in [7, 11) is 2.11. The molecule has 1 aromatic rings. The molecule has 0 radical (unpaired) electrons. The molecule has 1 fully saturated rings. The number of rotatable bonds is 3. The predicted molar refractivity (Wildman–Crippen MR) is 65.1 cm³/mol. The van der Waals surface area contributed by atoms with Crippen molar-refractivity contribution < 1.29 is 18.8 Å². The first kappa shape index (κ1) is 12.8. The van der Waals surface area contributed by atoms with Gasteiger partial charge in [-0.15, -0.1) is 0 Å². The summed E-state index contributed by atoms with van der Waals surface area (Å²) in [5.74, 6) is -0.385. The summed E-state index contributed by atoms with van der Waals surface area (Å²) in [6.45, 7) is 3.29. The lowest BCUT2D eigenvalue weighted by Crippen LogP contribution is -3.12. The van der Waals surface area contributed by atoms with Crippen LogP contribution in [0, 0.1) is 5.82 Å². The maximum absolute atomic E-state index is 13.3. The number of nitrogens with zero attached hydrogens (tertiary/aromatic N) is 1. The molecule has 98 valence electrons. The van der Waals surface area contributed by atoms with Gasteiger partial charge >= 0.3 is 0 Å². The number of ether oxygens (including phenoxy) is 1. The Kier molecular flexibility index (Phi) is 4.15. The average Bonchev–Trinajstić information content (AvgIpc) is 2.38. The quantitative estimate of drug-likeness (QED) is 0.792. The van der Waals surface area contributed by atoms with E-state index in [0.717, 1.165) is 26.2 Å². The van der Waals surface area contributed by atoms with Crippen molar-refractivity contribution in [3.8, 4) is 5.75 Å². The van der Waals surface area contributed by atoms with Gasteiger partial charge in [0.1, 0.15) is 0 Å². The molecule has 0 unspecified atom stereocenters. The van der Waals surface area contributed by atoms with Crippen LogP contribution in [0.5, 0.6) is 5.75 Å². The molecule has 1 aliphatic heterocycles. The topological polar surface area (TPSA) is 34.0 Å². The van der Waals surface area contributed by atoms with Gasteiger partial charge in [0.05, 0.1) is 33.2 Å². The molecule has 4 nitrogen and oxygen atoms in total. The first-order valence-corrected chi connectivity index (χ1v) is 6.13. The van der Waals surface area contributed by atoms with Crippen molar-refractivity contribution in [1.82, 2.24) is 4.90 Å². The molecule has 1 N–H and O–H groups in total. The lowest BCUT2D eigenvalue weighted by molar-refractivity contribution is -0.883. The molecule has 0 spiro atoms. The number of hydrogen-bond donors (Lipinski definition) is 1. The van der Waals surface area contributed by atoms with Crippen LogP contribution in [-0.2, 0) is 4.79 Å². The van der Waals surface area contributed by atoms with Crippen molar-refractivity contribution >= 4 is 5.91 Å². The highest BCUT2D eigenvalue weighted by atomic mass is 19.1. The lowest BCUT2D eigenvalue weighted by atomic mass is 10.3. The van der Waals surface area contributed by atoms with E-state index < -0.39 is 5.82 Å². The number of carbonyl (C=O) groups is 1. The van der Waals surface area contributed by atoms with Crippen molar-refractivity contribution in [3.63, 3.8) is 0 Å². The molecule has 1 amide bonds. The number of quaternary nitrogens is 1. The number of benzene rings is 1. The first-order valence-electron chi connectivity index (χ1n) is 6.13. The van der Waals surface area contributed by atoms with E-state index in [9.17, 15) is 9.18 Å². The fraction of sp³-hybridized carbons (Fsp3) is 0.462. The van der Waals surface area contributed by atoms with Crippen molar-refractivity contribution in [1.29, 1.82) is 0 Å². The summed E-state index contributed by atoms with van der Waals surface area (Å²) in [5, 5.41) is 0. The van der Waals surface area contributed by atoms with Crippen LogP contribution in [0.25, 0.3) is 0 Å². The van der Waals surface area contributed by atoms with E-state index in [1.165, 1.54) is 17.0 Å². The molecule has 18 heavy (non-hydrogen) atoms. The smallest absolute Gasteiger partial charge is 0.260 e. The summed E-state index contributed by atoms with van der Waals surface area (Å²) in [4.78, 5) is 15.1. The maximum Gasteiger partial charge on any atom is 0.260 e. The largest absolute Gasteiger partial charge is 0.481 e. The summed E-state index contributed by atoms with van der Waals surface area (Å²) in [5.41, 5.74) is 0. The van der Waals surface area contributed by atoms with Gasteiger partial charge in [-0.25, -0.2) is 4.39 Å². The van der Waals surface area contributed by atoms with Gasteiger partial charge < -0.3 is 14.5 Å². The Morgan fingerprint density at radius 2 is 2.06 bits per heavy atom. The third-order valence-electron chi connectivity index (χ3n) is 3.16. The standard InChI is InChI=1S/C13H17FN2O2/c1-15-6-8-16(9-7-15)13(17)10-18-12-5-3-2-4-11(12)14/h2-5H,6-10H2,1H3/p+1. The van der Waals surface area contributed by atoms with E-state index in [0.29, 0.717) is 0 Å². The lowest BCUT2D eigenvalue weighted by Gasteiger charge is -2.29. The van der Waals surface area contributed by atoms with Crippen molar-refractivity contribution in [2.24, 2.45) is 0 Å². The molecule has 0 aromatic heterocycles. The van der Waals surface area contributed by atoms with Crippen LogP contribution in [0.2, 0.25) is 0 Å². The second kappa shape index (κ2) is 5.82. The van der Waals surface area contributed by atoms with Crippen LogP contribution in [0.3, 0.4) is 0 Å². The number of amides is 1. The van der Waals surface area contributed by atoms with Gasteiger partial charge in [0, 0.05) is 0 Å². The minimum absolute atomic E-state index is 0.0780. The number of piperazine rings is 1. The van der Waals surface area contributed by atoms with Gasteiger partial charge in [-0.1, -0.05) is 12.1 Å². The first-order chi connectivity index (χ1) is 8.66. The molecule has 0 saturated carbocycles. The van der Waals surface area contributed by atoms with Gasteiger partial charge in [-0.2, -0.15) is 0 Å². The molecule has 0 aliphatic carbocycles. The molecular weight excluding hydrogens is 235 g/mol. The normalized spacial score (nSPS) is 16.7. The monoisotopic (exact) mass is 253 g/mol. The van der Waals surface area contributed by atoms with Crippen LogP contribution in [-0.4, -0.2) is 50.6 Å². The average molecular weight is 253 g/mol. The SMILES string of the molecule is C[NH+]1CCN(C(=O)COc2ccccc2F)CC1. The highest BCUT2D eigenvalue weighted by molar-refractivity contribution is 5.77. The highest BCUT2D eigenvalue weighted by Gasteiger charge is 2.21. The molecule has 1 aliphatic rings. The van der Waals surface area contributed by atoms with Gasteiger partial charge in [0.15, 0.2) is 18.2 Å². The number of para-hydroxylation sites is 1. The Hall–Kier alpha value is -1.62. The second-order valence-corrected chi connectivity index (χ2v) is 4.56. The minimum Gasteiger partial charge on any atom is -0.481 e. The molecule has 0 bridgehead atoms. The fourth-order valence-electron chi connectivity index (χ4n) is 1.93. The third-order valence-corrected chi connectivity index (χ3v) is 3.16. The Balaban J connectivity index is 1.83. The molecule has 1 heterocycles. The Morgan fingerprint density at radius 3 is 2.72 bits per heavy atom. The summed E-state index contributed by atoms with van der Waals surface area (Å²) < 4.78 is 18.5. The zero-order valence-electron chi connectivity index (χ0n) is 10.5. The van der Waals surface area contributed by atoms with Crippen LogP contribution >= 0.6 is 0 Å². The molecule has 2 rings (SSSR count). The molecular formula is C13H18FN2O2+. The Labute approximate surface area is 106 Å². The van der Waals surface area contributed by atoms with Crippen LogP contribution < -0.4 is 9.64 Å². The zero-order valence-corrected chi connectivity index (χ0v) is 10.5. The number of halogens is 1. The maximum atomic E-state index is 13.3. The van der Waals surface area contributed by atoms with Gasteiger partial charge in [0.25, 0.3) is 5.91 Å². The van der Waals surface area contributed by atoms with E-state index >= 15 is 0 Å². The van der Waals surface area contributed by atoms with E-state index in [1.54, 1.807) is 17.0 Å². The van der Waals surface area contributed by atoms with Crippen LogP contribution in [0.15, 0.2) is 24.3 Å². The number of hydrogen-bond acceptors (Lipinski definition) is 2. The molecule has 5 heteroatoms. The number of likely N-dealkylation sites (N-methyl/N-ethyl adjacent to an activating group) is 1. The van der Waals surface area contributed by atoms with Gasteiger partial charge in [0.2, 0.25) is 0 Å². The predicted octanol–water partition coefficient (Wildman–Crippen LogP) is -0.439. The van der Waals surface area contributed by atoms with Crippen molar-refractivity contribution in [2.75, 3.05) is 39.8 Å². The Bertz CT molecular complexity index is 417. The van der Waals surface area contributed by atoms with E-state index in [1.807, 2.05) is 0 Å². The minimum atomic E-state index is -0.437. The summed E-state index contributed by atoms with van der Waals surface area (Å²) in [6, 6.07) is 6.12. The molecule has 1 saturated heterocycles. The molecule has 0 atom stereocenters. The van der Waals surface area contributed by atoms with Crippen LogP contribution in [0.4, 0.5) is 4.39 Å². The molecule has 1 aromatic carbocycles. The fourth-order valence-corrected chi connectivity index (χ4v) is 1.93. The van der Waals surface area contributed by atoms with E-state index in [4.69, 9.17) is 4.74 Å². The number of nitrogens with one attached hydrogen (secondary N) is 1. The number of carbonyl (C=O) groups excluding carboxylic acids is 1. The van der Waals surface area contributed by atoms with Gasteiger partial charge in [-0.3, -0.25) is 4.79 Å². The van der Waals surface area contributed by atoms with Crippen molar-refractivity contribution in [2.45, 2.75) is 0 Å². The summed E-state index contributed by atoms with van der Waals surface area (Å²) >= 11 is 0. The highest BCUT2D eigenvalue weighted by Crippen LogP contribution is 2.15. The summed E-state index contributed by atoms with van der Waals surface area (Å²) in [6.07, 6.45) is 0. The third kappa shape index (κ3) is 3.20. The second-order valence-electron chi connectivity index (χ2n) is 4.56. The van der Waals surface area contributed by atoms with E-state index in [-0.39, 0.29) is 18.3 Å². The van der Waals surface area contributed by atoms with Crippen LogP contribution in [0.1, 0.15) is 0 Å². The Morgan fingerprint density at radius 1 is 1.39 bits per heavy atom. The van der Waals surface area contributed by atoms with Crippen molar-refractivity contribution in [3.05, 3.63) is 30.1 Å².